The van der Waals surface area contributed by atoms with Gasteiger partial charge < -0.3 is 24.8 Å². The third-order valence-electron chi connectivity index (χ3n) is 11.0. The van der Waals surface area contributed by atoms with E-state index in [0.717, 1.165) is 23.0 Å². The van der Waals surface area contributed by atoms with Crippen LogP contribution in [0.2, 0.25) is 0 Å². The normalized spacial score (nSPS) is 16.9. The molecule has 0 radical (unpaired) electrons. The van der Waals surface area contributed by atoms with Crippen LogP contribution in [0.15, 0.2) is 118 Å². The molecule has 2 heterocycles. The molecule has 2 unspecified atom stereocenters. The van der Waals surface area contributed by atoms with Gasteiger partial charge in [-0.05, 0) is 0 Å². The molecule has 0 saturated heterocycles. The minimum Gasteiger partial charge on any atom is -1.00 e. The van der Waals surface area contributed by atoms with Crippen LogP contribution in [0.5, 0.6) is 0 Å². The van der Waals surface area contributed by atoms with Crippen LogP contribution in [0, 0.1) is 27.7 Å². The van der Waals surface area contributed by atoms with Gasteiger partial charge in [0.1, 0.15) is 0 Å². The number of rotatable bonds is 6. The molecule has 3 aliphatic rings. The molecule has 0 spiro atoms. The summed E-state index contributed by atoms with van der Waals surface area (Å²) in [5.74, 6) is 3.99. The van der Waals surface area contributed by atoms with E-state index in [4.69, 9.17) is 8.83 Å². The fourth-order valence-corrected chi connectivity index (χ4v) is 19.3. The summed E-state index contributed by atoms with van der Waals surface area (Å²) in [5.41, 5.74) is 16.4. The summed E-state index contributed by atoms with van der Waals surface area (Å²) in [6, 6.07) is 40.3. The molecule has 5 heteroatoms. The molecule has 2 nitrogen and oxygen atoms in total. The zero-order valence-electron chi connectivity index (χ0n) is 29.4. The van der Waals surface area contributed by atoms with Gasteiger partial charge >= 0.3 is 299 Å². The van der Waals surface area contributed by atoms with Gasteiger partial charge in [-0.3, -0.25) is 0 Å². The van der Waals surface area contributed by atoms with E-state index in [9.17, 15) is 0 Å². The van der Waals surface area contributed by atoms with Gasteiger partial charge in [-0.25, -0.2) is 0 Å². The molecule has 254 valence electrons. The summed E-state index contributed by atoms with van der Waals surface area (Å²) in [6.45, 7) is 8.67. The second-order valence-electron chi connectivity index (χ2n) is 14.1. The number of furan rings is 2. The summed E-state index contributed by atoms with van der Waals surface area (Å²) in [5, 5.41) is 0. The van der Waals surface area contributed by atoms with Crippen LogP contribution in [0.25, 0.3) is 45.6 Å². The van der Waals surface area contributed by atoms with E-state index in [1.807, 2.05) is 3.21 Å². The summed E-state index contributed by atoms with van der Waals surface area (Å²) in [6.07, 6.45) is 8.80. The van der Waals surface area contributed by atoms with Gasteiger partial charge in [-0.15, -0.1) is 0 Å². The fourth-order valence-electron chi connectivity index (χ4n) is 8.59. The van der Waals surface area contributed by atoms with Crippen LogP contribution < -0.4 is 24.8 Å². The number of fused-ring (bicyclic) bond motifs is 2. The predicted molar refractivity (Wildman–Crippen MR) is 200 cm³/mol. The van der Waals surface area contributed by atoms with E-state index in [1.165, 1.54) is 86.0 Å². The Hall–Kier alpha value is -3.75. The van der Waals surface area contributed by atoms with E-state index >= 15 is 0 Å². The third-order valence-corrected chi connectivity index (χ3v) is 20.3. The molecule has 0 aliphatic heterocycles. The van der Waals surface area contributed by atoms with E-state index < -0.39 is 21.3 Å². The molecule has 1 saturated carbocycles. The SMILES string of the molecule is Cc1ccc(C2=Cc3c(ccc(C)c3-c3ccccc3)[CH]2[Zr+2](=[C]2CCC2)[CH]2C(c3ccc(C)o3)=Cc3c2ccc(C)c3-c2ccccc2)o1.[Cl-].[Cl-]. The first-order valence-electron chi connectivity index (χ1n) is 17.6. The molecule has 3 aliphatic carbocycles. The number of allylic oxidation sites excluding steroid dienone is 2. The first-order valence-corrected chi connectivity index (χ1v) is 21.7. The van der Waals surface area contributed by atoms with Gasteiger partial charge in [0.15, 0.2) is 0 Å². The van der Waals surface area contributed by atoms with Crippen LogP contribution in [0.4, 0.5) is 0 Å². The first kappa shape index (κ1) is 35.6. The molecule has 0 bridgehead atoms. The minimum atomic E-state index is -2.73. The molecule has 0 N–H and O–H groups in total. The molecule has 1 fully saturated rings. The average molecular weight is 787 g/mol. The smallest absolute Gasteiger partial charge is 1.00 e. The first-order chi connectivity index (χ1) is 24.0. The van der Waals surface area contributed by atoms with Crippen molar-refractivity contribution in [2.45, 2.75) is 54.2 Å². The number of hydrogen-bond acceptors (Lipinski definition) is 2. The summed E-state index contributed by atoms with van der Waals surface area (Å²) in [7, 11) is 0. The van der Waals surface area contributed by atoms with Crippen molar-refractivity contribution in [2.24, 2.45) is 0 Å². The van der Waals surface area contributed by atoms with Crippen molar-refractivity contribution < 1.29 is 54.9 Å². The number of benzene rings is 4. The molecule has 4 aromatic carbocycles. The van der Waals surface area contributed by atoms with Crippen molar-refractivity contribution >= 4 is 26.5 Å². The van der Waals surface area contributed by atoms with E-state index in [0.29, 0.717) is 7.25 Å². The van der Waals surface area contributed by atoms with Crippen molar-refractivity contribution in [3.05, 3.63) is 166 Å². The summed E-state index contributed by atoms with van der Waals surface area (Å²) >= 11 is -2.73. The Balaban J connectivity index is 0.00000203. The maximum atomic E-state index is 6.55. The van der Waals surface area contributed by atoms with Gasteiger partial charge in [-0.2, -0.15) is 0 Å². The third kappa shape index (κ3) is 6.06. The van der Waals surface area contributed by atoms with Gasteiger partial charge in [0, 0.05) is 0 Å². The number of aryl methyl sites for hydroxylation is 4. The fraction of sp³-hybridized carbons (Fsp3) is 0.196. The monoisotopic (exact) mass is 784 g/mol. The number of hydrogen-bond donors (Lipinski definition) is 0. The van der Waals surface area contributed by atoms with E-state index in [1.54, 1.807) is 0 Å². The molecule has 6 aromatic rings. The van der Waals surface area contributed by atoms with Crippen LogP contribution in [0.3, 0.4) is 0 Å². The Kier molecular flexibility index (Phi) is 10.0. The zero-order chi connectivity index (χ0) is 33.2. The topological polar surface area (TPSA) is 26.3 Å². The molecule has 0 amide bonds. The van der Waals surface area contributed by atoms with E-state index in [2.05, 4.69) is 149 Å². The van der Waals surface area contributed by atoms with Crippen molar-refractivity contribution in [1.82, 2.24) is 0 Å². The standard InChI is InChI=1S/2C21H17O.C4H6.2ClH.Zr/c2*1-14-8-10-17-12-18(20-11-9-15(2)22-20)13-19(17)21(14)16-6-4-3-5-7-16;1-2-4-3-1;;;/h2*3-13H,1-2H3;1-3H2;2*1H;/q;;;;;+2/p-2. The van der Waals surface area contributed by atoms with Crippen LogP contribution in [-0.4, -0.2) is 3.21 Å². The van der Waals surface area contributed by atoms with Gasteiger partial charge in [-0.1, -0.05) is 0 Å². The average Bonchev–Trinajstić information content (AvgIpc) is 3.88. The Labute approximate surface area is 321 Å². The van der Waals surface area contributed by atoms with Crippen molar-refractivity contribution in [3.63, 3.8) is 0 Å². The van der Waals surface area contributed by atoms with Crippen molar-refractivity contribution in [2.75, 3.05) is 0 Å². The quantitative estimate of drug-likeness (QED) is 0.198. The molecule has 2 atom stereocenters. The second-order valence-corrected chi connectivity index (χ2v) is 20.9. The Bertz CT molecular complexity index is 2190. The number of halogens is 2. The molecule has 51 heavy (non-hydrogen) atoms. The second kappa shape index (κ2) is 14.3. The van der Waals surface area contributed by atoms with Crippen molar-refractivity contribution in [1.29, 1.82) is 0 Å². The Morgan fingerprint density at radius 1 is 0.510 bits per heavy atom. The van der Waals surface area contributed by atoms with Crippen LogP contribution in [0.1, 0.15) is 82.9 Å². The molecule has 2 aromatic heterocycles. The summed E-state index contributed by atoms with van der Waals surface area (Å²) < 4.78 is 15.6. The predicted octanol–water partition coefficient (Wildman–Crippen LogP) is 6.31. The zero-order valence-corrected chi connectivity index (χ0v) is 33.4. The van der Waals surface area contributed by atoms with Gasteiger partial charge in [0.05, 0.1) is 0 Å². The Morgan fingerprint density at radius 2 is 0.941 bits per heavy atom. The largest absolute Gasteiger partial charge is 1.00 e. The minimum absolute atomic E-state index is 0. The van der Waals surface area contributed by atoms with E-state index in [-0.39, 0.29) is 24.8 Å². The van der Waals surface area contributed by atoms with Gasteiger partial charge in [0.25, 0.3) is 0 Å². The maximum Gasteiger partial charge on any atom is -1.00 e. The van der Waals surface area contributed by atoms with Crippen LogP contribution >= 0.6 is 0 Å². The molecular formula is C46H40Cl2O2Zr. The summed E-state index contributed by atoms with van der Waals surface area (Å²) in [4.78, 5) is 0. The van der Waals surface area contributed by atoms with Gasteiger partial charge in [0.2, 0.25) is 0 Å². The molecule has 9 rings (SSSR count). The maximum absolute atomic E-state index is 6.55. The Morgan fingerprint density at radius 3 is 1.29 bits per heavy atom. The van der Waals surface area contributed by atoms with Crippen LogP contribution in [-0.2, 0) is 21.3 Å². The van der Waals surface area contributed by atoms with Crippen molar-refractivity contribution in [3.8, 4) is 22.3 Å². The molecular weight excluding hydrogens is 747 g/mol.